The van der Waals surface area contributed by atoms with Gasteiger partial charge >= 0.3 is 0 Å². The van der Waals surface area contributed by atoms with Gasteiger partial charge in [0.2, 0.25) is 0 Å². The molecule has 1 atom stereocenters. The molecular weight excluding hydrogens is 260 g/mol. The van der Waals surface area contributed by atoms with Crippen molar-refractivity contribution in [2.45, 2.75) is 19.6 Å². The molecule has 3 aromatic rings. The van der Waals surface area contributed by atoms with Crippen molar-refractivity contribution in [3.63, 3.8) is 0 Å². The number of pyridine rings is 1. The van der Waals surface area contributed by atoms with Gasteiger partial charge in [0.15, 0.2) is 0 Å². The molecule has 3 nitrogen and oxygen atoms in total. The van der Waals surface area contributed by atoms with Crippen LogP contribution in [0.3, 0.4) is 0 Å². The first kappa shape index (κ1) is 13.6. The molecule has 0 aliphatic heterocycles. The van der Waals surface area contributed by atoms with Crippen LogP contribution in [0.5, 0.6) is 5.75 Å². The monoisotopic (exact) mass is 278 g/mol. The van der Waals surface area contributed by atoms with Crippen molar-refractivity contribution in [3.05, 3.63) is 72.1 Å². The summed E-state index contributed by atoms with van der Waals surface area (Å²) < 4.78 is 6.09. The largest absolute Gasteiger partial charge is 0.488 e. The van der Waals surface area contributed by atoms with Gasteiger partial charge in [-0.05, 0) is 30.0 Å². The van der Waals surface area contributed by atoms with E-state index in [-0.39, 0.29) is 6.04 Å². The molecule has 3 rings (SSSR count). The molecule has 2 aromatic carbocycles. The maximum absolute atomic E-state index is 6.09. The fourth-order valence-electron chi connectivity index (χ4n) is 2.41. The minimum absolute atomic E-state index is 0.0675. The zero-order valence-corrected chi connectivity index (χ0v) is 12.0. The highest BCUT2D eigenvalue weighted by Gasteiger charge is 2.12. The molecule has 0 aliphatic rings. The van der Waals surface area contributed by atoms with Gasteiger partial charge in [-0.2, -0.15) is 0 Å². The summed E-state index contributed by atoms with van der Waals surface area (Å²) in [5.41, 5.74) is 8.21. The lowest BCUT2D eigenvalue weighted by Crippen LogP contribution is -2.08. The second kappa shape index (κ2) is 5.94. The molecule has 0 radical (unpaired) electrons. The summed E-state index contributed by atoms with van der Waals surface area (Å²) in [5, 5.41) is 2.26. The number of fused-ring (bicyclic) bond motifs is 1. The Kier molecular flexibility index (Phi) is 3.84. The Morgan fingerprint density at radius 3 is 2.57 bits per heavy atom. The van der Waals surface area contributed by atoms with Crippen LogP contribution in [0.2, 0.25) is 0 Å². The van der Waals surface area contributed by atoms with E-state index in [9.17, 15) is 0 Å². The van der Waals surface area contributed by atoms with E-state index in [2.05, 4.69) is 29.2 Å². The molecule has 0 bridgehead atoms. The molecule has 106 valence electrons. The zero-order valence-electron chi connectivity index (χ0n) is 12.0. The number of rotatable bonds is 4. The number of nitrogens with zero attached hydrogens (tertiary/aromatic N) is 1. The molecule has 21 heavy (non-hydrogen) atoms. The lowest BCUT2D eigenvalue weighted by atomic mass is 10.0. The van der Waals surface area contributed by atoms with Crippen molar-refractivity contribution in [1.82, 2.24) is 4.98 Å². The van der Waals surface area contributed by atoms with Crippen LogP contribution in [0.15, 0.2) is 60.9 Å². The maximum atomic E-state index is 6.09. The summed E-state index contributed by atoms with van der Waals surface area (Å²) in [6.07, 6.45) is 3.54. The Bertz CT molecular complexity index is 739. The summed E-state index contributed by atoms with van der Waals surface area (Å²) in [6.45, 7) is 2.49. The molecule has 2 N–H and O–H groups in total. The molecule has 0 spiro atoms. The molecule has 1 heterocycles. The number of nitrogens with two attached hydrogens (primary N) is 1. The minimum Gasteiger partial charge on any atom is -0.488 e. The molecule has 3 heteroatoms. The van der Waals surface area contributed by atoms with E-state index in [0.717, 1.165) is 27.6 Å². The van der Waals surface area contributed by atoms with E-state index in [1.54, 1.807) is 12.4 Å². The van der Waals surface area contributed by atoms with Crippen molar-refractivity contribution in [2.75, 3.05) is 0 Å². The minimum atomic E-state index is -0.0675. The van der Waals surface area contributed by atoms with Crippen LogP contribution in [-0.4, -0.2) is 4.98 Å². The van der Waals surface area contributed by atoms with Crippen molar-refractivity contribution >= 4 is 10.8 Å². The Labute approximate surface area is 124 Å². The predicted molar refractivity (Wildman–Crippen MR) is 85.1 cm³/mol. The van der Waals surface area contributed by atoms with Gasteiger partial charge in [-0.25, -0.2) is 0 Å². The average Bonchev–Trinajstić information content (AvgIpc) is 2.53. The Hall–Kier alpha value is -2.39. The highest BCUT2D eigenvalue weighted by molar-refractivity contribution is 5.89. The maximum Gasteiger partial charge on any atom is 0.132 e. The van der Waals surface area contributed by atoms with E-state index in [4.69, 9.17) is 10.5 Å². The van der Waals surface area contributed by atoms with Crippen molar-refractivity contribution in [1.29, 1.82) is 0 Å². The van der Waals surface area contributed by atoms with Gasteiger partial charge in [0.1, 0.15) is 12.4 Å². The number of hydrogen-bond donors (Lipinski definition) is 1. The molecule has 1 aromatic heterocycles. The summed E-state index contributed by atoms with van der Waals surface area (Å²) >= 11 is 0. The summed E-state index contributed by atoms with van der Waals surface area (Å²) in [6, 6.07) is 16.2. The smallest absolute Gasteiger partial charge is 0.132 e. The van der Waals surface area contributed by atoms with Crippen molar-refractivity contribution in [2.24, 2.45) is 5.73 Å². The second-order valence-electron chi connectivity index (χ2n) is 5.14. The van der Waals surface area contributed by atoms with E-state index in [1.165, 1.54) is 0 Å². The van der Waals surface area contributed by atoms with Gasteiger partial charge < -0.3 is 10.5 Å². The Morgan fingerprint density at radius 1 is 1.05 bits per heavy atom. The van der Waals surface area contributed by atoms with E-state index < -0.39 is 0 Å². The van der Waals surface area contributed by atoms with E-state index >= 15 is 0 Å². The van der Waals surface area contributed by atoms with Gasteiger partial charge in [-0.1, -0.05) is 36.4 Å². The van der Waals surface area contributed by atoms with Crippen LogP contribution in [0.25, 0.3) is 10.8 Å². The van der Waals surface area contributed by atoms with Crippen LogP contribution in [0, 0.1) is 0 Å². The van der Waals surface area contributed by atoms with E-state index in [0.29, 0.717) is 6.61 Å². The first-order valence-corrected chi connectivity index (χ1v) is 7.04. The number of ether oxygens (including phenoxy) is 1. The third-order valence-corrected chi connectivity index (χ3v) is 3.53. The van der Waals surface area contributed by atoms with Crippen molar-refractivity contribution < 1.29 is 4.74 Å². The van der Waals surface area contributed by atoms with Crippen LogP contribution in [-0.2, 0) is 6.61 Å². The van der Waals surface area contributed by atoms with Crippen LogP contribution in [0.4, 0.5) is 0 Å². The first-order chi connectivity index (χ1) is 10.3. The van der Waals surface area contributed by atoms with E-state index in [1.807, 2.05) is 31.2 Å². The SMILES string of the molecule is C[C@@H](N)c1ccc2ccccc2c1OCc1ccncc1. The molecule has 0 saturated heterocycles. The predicted octanol–water partition coefficient (Wildman–Crippen LogP) is 3.83. The van der Waals surface area contributed by atoms with Crippen LogP contribution < -0.4 is 10.5 Å². The molecule has 0 fully saturated rings. The lowest BCUT2D eigenvalue weighted by molar-refractivity contribution is 0.305. The fourth-order valence-corrected chi connectivity index (χ4v) is 2.41. The fraction of sp³-hybridized carbons (Fsp3) is 0.167. The first-order valence-electron chi connectivity index (χ1n) is 7.04. The Morgan fingerprint density at radius 2 is 1.81 bits per heavy atom. The van der Waals surface area contributed by atoms with Gasteiger partial charge in [0.25, 0.3) is 0 Å². The van der Waals surface area contributed by atoms with Gasteiger partial charge in [-0.3, -0.25) is 4.98 Å². The number of aromatic nitrogens is 1. The second-order valence-corrected chi connectivity index (χ2v) is 5.14. The van der Waals surface area contributed by atoms with Crippen LogP contribution in [0.1, 0.15) is 24.1 Å². The quantitative estimate of drug-likeness (QED) is 0.789. The zero-order chi connectivity index (χ0) is 14.7. The molecule has 0 amide bonds. The normalized spacial score (nSPS) is 12.3. The Balaban J connectivity index is 2.00. The van der Waals surface area contributed by atoms with Crippen molar-refractivity contribution in [3.8, 4) is 5.75 Å². The molecule has 0 aliphatic carbocycles. The standard InChI is InChI=1S/C18H18N2O/c1-13(19)16-7-6-15-4-2-3-5-17(15)18(16)21-12-14-8-10-20-11-9-14/h2-11,13H,12,19H2,1H3/t13-/m1/s1. The summed E-state index contributed by atoms with van der Waals surface area (Å²) in [4.78, 5) is 4.02. The average molecular weight is 278 g/mol. The number of hydrogen-bond acceptors (Lipinski definition) is 3. The van der Waals surface area contributed by atoms with Gasteiger partial charge in [0.05, 0.1) is 0 Å². The summed E-state index contributed by atoms with van der Waals surface area (Å²) in [7, 11) is 0. The third-order valence-electron chi connectivity index (χ3n) is 3.53. The topological polar surface area (TPSA) is 48.1 Å². The van der Waals surface area contributed by atoms with Gasteiger partial charge in [0, 0.05) is 29.4 Å². The highest BCUT2D eigenvalue weighted by atomic mass is 16.5. The highest BCUT2D eigenvalue weighted by Crippen LogP contribution is 2.33. The van der Waals surface area contributed by atoms with Crippen LogP contribution >= 0.6 is 0 Å². The summed E-state index contributed by atoms with van der Waals surface area (Å²) in [5.74, 6) is 0.875. The molecular formula is C18H18N2O. The lowest BCUT2D eigenvalue weighted by Gasteiger charge is -2.16. The van der Waals surface area contributed by atoms with Gasteiger partial charge in [-0.15, -0.1) is 0 Å². The molecule has 0 saturated carbocycles. The molecule has 0 unspecified atom stereocenters. The number of benzene rings is 2. The third kappa shape index (κ3) is 2.88.